The molecule has 5 aliphatic heterocycles. The first-order valence-corrected chi connectivity index (χ1v) is 29.4. The van der Waals surface area contributed by atoms with Gasteiger partial charge in [0, 0.05) is 62.2 Å². The van der Waals surface area contributed by atoms with Crippen molar-refractivity contribution in [1.82, 2.24) is 0 Å². The van der Waals surface area contributed by atoms with Crippen LogP contribution in [0.2, 0.25) is 0 Å². The number of hydrogen-bond acceptors (Lipinski definition) is 5. The lowest BCUT2D eigenvalue weighted by Crippen LogP contribution is -2.61. The van der Waals surface area contributed by atoms with Gasteiger partial charge in [0.1, 0.15) is 0 Å². The molecule has 0 fully saturated rings. The van der Waals surface area contributed by atoms with Crippen molar-refractivity contribution in [3.8, 4) is 0 Å². The van der Waals surface area contributed by atoms with Gasteiger partial charge in [-0.3, -0.25) is 0 Å². The minimum atomic E-state index is 0.0795. The molecule has 6 heterocycles. The summed E-state index contributed by atoms with van der Waals surface area (Å²) >= 11 is 7.11. The molecule has 7 aromatic carbocycles. The Hall–Kier alpha value is -4.97. The molecule has 1 aromatic heterocycles. The van der Waals surface area contributed by atoms with Crippen molar-refractivity contribution in [1.29, 1.82) is 0 Å². The van der Waals surface area contributed by atoms with Crippen LogP contribution < -0.4 is 51.0 Å². The van der Waals surface area contributed by atoms with E-state index in [1.165, 1.54) is 180 Å². The van der Waals surface area contributed by atoms with Crippen molar-refractivity contribution < 1.29 is 0 Å². The Kier molecular flexibility index (Phi) is 12.0. The predicted octanol–water partition coefficient (Wildman–Crippen LogP) is 14.8. The average molecular weight is 1170 g/mol. The van der Waals surface area contributed by atoms with Gasteiger partial charge in [0.15, 0.2) is 0 Å². The summed E-state index contributed by atoms with van der Waals surface area (Å²) in [7, 11) is 0. The minimum Gasteiger partial charge on any atom is -0.311 e. The van der Waals surface area contributed by atoms with E-state index in [2.05, 4.69) is 237 Å². The lowest BCUT2D eigenvalue weighted by atomic mass is 9.35. The maximum Gasteiger partial charge on any atom is 0.264 e. The highest BCUT2D eigenvalue weighted by Gasteiger charge is 2.53. The number of para-hydroxylation sites is 2. The second-order valence-corrected chi connectivity index (χ2v) is 24.1. The first-order valence-electron chi connectivity index (χ1n) is 26.4. The van der Waals surface area contributed by atoms with Crippen molar-refractivity contribution in [2.45, 2.75) is 105 Å². The number of hydrogen-bond donors (Lipinski definition) is 0. The zero-order valence-corrected chi connectivity index (χ0v) is 46.4. The maximum atomic E-state index is 2.69. The highest BCUT2D eigenvalue weighted by molar-refractivity contribution is 14.1. The van der Waals surface area contributed by atoms with Crippen molar-refractivity contribution in [3.05, 3.63) is 163 Å². The number of thiophene rings is 1. The van der Waals surface area contributed by atoms with Gasteiger partial charge in [-0.05, 0) is 220 Å². The van der Waals surface area contributed by atoms with Gasteiger partial charge >= 0.3 is 0 Å². The highest BCUT2D eigenvalue weighted by Crippen LogP contribution is 2.58. The molecule has 352 valence electrons. The normalized spacial score (nSPS) is 14.0. The minimum absolute atomic E-state index is 0.0795. The summed E-state index contributed by atoms with van der Waals surface area (Å²) in [5.41, 5.74) is 27.0. The molecule has 0 saturated heterocycles. The molecule has 0 unspecified atom stereocenters. The predicted molar refractivity (Wildman–Crippen MR) is 326 cm³/mol. The molecule has 0 spiro atoms. The van der Waals surface area contributed by atoms with Gasteiger partial charge in [-0.1, -0.05) is 108 Å². The van der Waals surface area contributed by atoms with E-state index in [1.807, 2.05) is 0 Å². The van der Waals surface area contributed by atoms with Crippen LogP contribution in [-0.2, 0) is 25.7 Å². The number of unbranched alkanes of at least 4 members (excludes halogenated alkanes) is 4. The molecule has 13 rings (SSSR count). The third kappa shape index (κ3) is 7.31. The first-order chi connectivity index (χ1) is 34.9. The van der Waals surface area contributed by atoms with Crippen LogP contribution in [0.5, 0.6) is 0 Å². The standard InChI is InChI=1S/C62H58B2I2N4S/c1-5-9-17-39-28-30-49-48(34-39)64-58-52(67(49)46-37-43(65)36-44(66)38-46)23-15-26-55(58)70-51-22-14-13-21-50(51)69-54-25-16-24-53-57(54)63(61-59(69)60(70)62(64)71-61)47-29-27-40(18-10-6-2)35-56(47)68(53)45-32-41(19-11-7-3)31-42(33-45)20-12-8-4/h13-16,21-38H,5-12,17-20H2,1-4H3. The van der Waals surface area contributed by atoms with Crippen LogP contribution >= 0.6 is 56.5 Å². The van der Waals surface area contributed by atoms with Crippen molar-refractivity contribution >= 4 is 170 Å². The molecule has 0 radical (unpaired) electrons. The van der Waals surface area contributed by atoms with Crippen LogP contribution in [0.25, 0.3) is 0 Å². The maximum absolute atomic E-state index is 2.69. The van der Waals surface area contributed by atoms with Crippen molar-refractivity contribution in [2.24, 2.45) is 0 Å². The van der Waals surface area contributed by atoms with Crippen molar-refractivity contribution in [2.75, 3.05) is 19.6 Å². The van der Waals surface area contributed by atoms with Gasteiger partial charge in [-0.15, -0.1) is 0 Å². The molecule has 0 atom stereocenters. The third-order valence-electron chi connectivity index (χ3n) is 15.9. The number of aryl methyl sites for hydroxylation is 4. The third-order valence-corrected chi connectivity index (χ3v) is 18.4. The molecule has 0 amide bonds. The lowest BCUT2D eigenvalue weighted by molar-refractivity contribution is 0.780. The first kappa shape index (κ1) is 45.9. The highest BCUT2D eigenvalue weighted by atomic mass is 127. The summed E-state index contributed by atoms with van der Waals surface area (Å²) in [4.78, 5) is 10.6. The van der Waals surface area contributed by atoms with Crippen LogP contribution in [0, 0.1) is 7.14 Å². The van der Waals surface area contributed by atoms with Gasteiger partial charge in [-0.25, -0.2) is 0 Å². The van der Waals surface area contributed by atoms with Gasteiger partial charge in [0.2, 0.25) is 0 Å². The van der Waals surface area contributed by atoms with Gasteiger partial charge < -0.3 is 19.6 Å². The number of anilines is 12. The Bertz CT molecular complexity index is 3390. The number of fused-ring (bicyclic) bond motifs is 11. The number of benzene rings is 7. The summed E-state index contributed by atoms with van der Waals surface area (Å²) < 4.78 is 5.42. The molecule has 0 aliphatic carbocycles. The van der Waals surface area contributed by atoms with Crippen LogP contribution in [0.1, 0.15) is 101 Å². The van der Waals surface area contributed by atoms with Crippen LogP contribution in [0.3, 0.4) is 0 Å². The van der Waals surface area contributed by atoms with E-state index in [4.69, 9.17) is 0 Å². The largest absolute Gasteiger partial charge is 0.311 e. The van der Waals surface area contributed by atoms with E-state index in [-0.39, 0.29) is 13.4 Å². The number of rotatable bonds is 14. The molecule has 0 saturated carbocycles. The lowest BCUT2D eigenvalue weighted by Gasteiger charge is -2.49. The molecule has 71 heavy (non-hydrogen) atoms. The second-order valence-electron chi connectivity index (χ2n) is 20.5. The fourth-order valence-electron chi connectivity index (χ4n) is 12.7. The zero-order valence-electron chi connectivity index (χ0n) is 41.3. The zero-order chi connectivity index (χ0) is 48.1. The summed E-state index contributed by atoms with van der Waals surface area (Å²) in [6.07, 6.45) is 13.9. The summed E-state index contributed by atoms with van der Waals surface area (Å²) in [6.45, 7) is 9.43. The average Bonchev–Trinajstić information content (AvgIpc) is 3.78. The van der Waals surface area contributed by atoms with Crippen LogP contribution in [-0.4, -0.2) is 13.4 Å². The van der Waals surface area contributed by atoms with E-state index in [9.17, 15) is 0 Å². The molecule has 8 aromatic rings. The number of halogens is 2. The summed E-state index contributed by atoms with van der Waals surface area (Å²) in [5.74, 6) is 0. The molecular formula is C62H58B2I2N4S. The van der Waals surface area contributed by atoms with Crippen molar-refractivity contribution in [3.63, 3.8) is 0 Å². The molecule has 9 heteroatoms. The Labute approximate surface area is 452 Å². The SMILES string of the molecule is CCCCc1cc(CCCC)cc(N2c3cc(CCCC)ccc3B3c4sc5c6c4N(c4ccccc4N6c4cccc6c4B5c4cc(CCCC)ccc4N6c4cc(I)cc(I)c4)c4cccc2c43)c1. The Morgan fingerprint density at radius 1 is 0.380 bits per heavy atom. The van der Waals surface area contributed by atoms with E-state index < -0.39 is 0 Å². The quantitative estimate of drug-likeness (QED) is 0.0795. The smallest absolute Gasteiger partial charge is 0.264 e. The Morgan fingerprint density at radius 2 is 0.831 bits per heavy atom. The molecule has 0 N–H and O–H groups in total. The van der Waals surface area contributed by atoms with Gasteiger partial charge in [0.25, 0.3) is 13.4 Å². The van der Waals surface area contributed by atoms with E-state index in [0.717, 1.165) is 25.7 Å². The summed E-state index contributed by atoms with van der Waals surface area (Å²) in [5, 5.41) is 0. The van der Waals surface area contributed by atoms with E-state index >= 15 is 0 Å². The topological polar surface area (TPSA) is 13.0 Å². The fourth-order valence-corrected chi connectivity index (χ4v) is 16.1. The Morgan fingerprint density at radius 3 is 1.38 bits per heavy atom. The van der Waals surface area contributed by atoms with Crippen LogP contribution in [0.15, 0.2) is 133 Å². The second kappa shape index (κ2) is 18.5. The Balaban J connectivity index is 1.08. The van der Waals surface area contributed by atoms with E-state index in [1.54, 1.807) is 0 Å². The summed E-state index contributed by atoms with van der Waals surface area (Å²) in [6, 6.07) is 53.2. The molecule has 0 bridgehead atoms. The molecular weight excluding hydrogens is 1110 g/mol. The van der Waals surface area contributed by atoms with Crippen LogP contribution in [0.4, 0.5) is 68.2 Å². The van der Waals surface area contributed by atoms with Gasteiger partial charge in [-0.2, -0.15) is 11.3 Å². The van der Waals surface area contributed by atoms with Gasteiger partial charge in [0.05, 0.1) is 22.7 Å². The molecule has 5 aliphatic rings. The molecule has 4 nitrogen and oxygen atoms in total. The fraction of sp³-hybridized carbons (Fsp3) is 0.258. The monoisotopic (exact) mass is 1170 g/mol. The number of nitrogens with zero attached hydrogens (tertiary/aromatic N) is 4. The van der Waals surface area contributed by atoms with E-state index in [0.29, 0.717) is 0 Å².